The number of rotatable bonds is 6. The first-order valence-corrected chi connectivity index (χ1v) is 11.1. The second kappa shape index (κ2) is 6.78. The molecule has 0 amide bonds. The van der Waals surface area contributed by atoms with Gasteiger partial charge in [-0.05, 0) is 37.2 Å². The molecule has 1 aliphatic heterocycles. The zero-order valence-corrected chi connectivity index (χ0v) is 15.1. The minimum atomic E-state index is -3.86. The summed E-state index contributed by atoms with van der Waals surface area (Å²) in [6.07, 6.45) is 0.590. The van der Waals surface area contributed by atoms with E-state index in [-0.39, 0.29) is 21.1 Å². The lowest BCUT2D eigenvalue weighted by Crippen LogP contribution is -2.16. The van der Waals surface area contributed by atoms with Gasteiger partial charge in [-0.2, -0.15) is 0 Å². The molecule has 0 radical (unpaired) electrons. The summed E-state index contributed by atoms with van der Waals surface area (Å²) in [5.41, 5.74) is 5.67. The monoisotopic (exact) mass is 381 g/mol. The summed E-state index contributed by atoms with van der Waals surface area (Å²) < 4.78 is 56.7. The zero-order valence-electron chi connectivity index (χ0n) is 13.5. The second-order valence-electron chi connectivity index (χ2n) is 5.79. The molecule has 1 unspecified atom stereocenters. The third kappa shape index (κ3) is 3.29. The van der Waals surface area contributed by atoms with E-state index in [1.54, 1.807) is 30.3 Å². The summed E-state index contributed by atoms with van der Waals surface area (Å²) in [6, 6.07) is 12.5. The highest BCUT2D eigenvalue weighted by atomic mass is 32.2. The van der Waals surface area contributed by atoms with Crippen molar-refractivity contribution in [2.75, 3.05) is 18.9 Å². The summed E-state index contributed by atoms with van der Waals surface area (Å²) in [7, 11) is -7.54. The van der Waals surface area contributed by atoms with Gasteiger partial charge in [0, 0.05) is 5.56 Å². The number of ether oxygens (including phenoxy) is 1. The van der Waals surface area contributed by atoms with Gasteiger partial charge in [0.15, 0.2) is 19.7 Å². The van der Waals surface area contributed by atoms with Crippen LogP contribution in [0.3, 0.4) is 0 Å². The lowest BCUT2D eigenvalue weighted by Gasteiger charge is -2.16. The van der Waals surface area contributed by atoms with Crippen molar-refractivity contribution >= 4 is 19.7 Å². The van der Waals surface area contributed by atoms with Crippen LogP contribution in [0.25, 0.3) is 0 Å². The van der Waals surface area contributed by atoms with Crippen molar-refractivity contribution in [1.29, 1.82) is 0 Å². The molecule has 1 aliphatic rings. The molecule has 2 aromatic carbocycles. The van der Waals surface area contributed by atoms with E-state index in [0.717, 1.165) is 0 Å². The van der Waals surface area contributed by atoms with E-state index in [1.807, 2.05) is 0 Å². The van der Waals surface area contributed by atoms with Gasteiger partial charge in [-0.3, -0.25) is 0 Å². The van der Waals surface area contributed by atoms with Crippen molar-refractivity contribution in [3.8, 4) is 5.75 Å². The molecule has 2 N–H and O–H groups in total. The average molecular weight is 381 g/mol. The van der Waals surface area contributed by atoms with Crippen LogP contribution in [0.1, 0.15) is 17.2 Å². The van der Waals surface area contributed by atoms with Gasteiger partial charge < -0.3 is 10.5 Å². The molecule has 8 heteroatoms. The number of fused-ring (bicyclic) bond motifs is 1. The van der Waals surface area contributed by atoms with Crippen molar-refractivity contribution in [3.05, 3.63) is 54.1 Å². The minimum absolute atomic E-state index is 0.0299. The fourth-order valence-corrected chi connectivity index (χ4v) is 7.25. The fourth-order valence-electron chi connectivity index (χ4n) is 2.90. The first-order chi connectivity index (χ1) is 11.9. The normalized spacial score (nSPS) is 18.7. The van der Waals surface area contributed by atoms with Crippen LogP contribution in [0.2, 0.25) is 0 Å². The molecule has 0 saturated carbocycles. The summed E-state index contributed by atoms with van der Waals surface area (Å²) in [4.78, 5) is 0.127. The Labute approximate surface area is 147 Å². The van der Waals surface area contributed by atoms with Crippen LogP contribution in [-0.4, -0.2) is 35.7 Å². The molecule has 1 heterocycles. The molecule has 6 nitrogen and oxygen atoms in total. The van der Waals surface area contributed by atoms with E-state index in [0.29, 0.717) is 19.6 Å². The molecule has 25 heavy (non-hydrogen) atoms. The lowest BCUT2D eigenvalue weighted by atomic mass is 10.1. The Kier molecular flexibility index (Phi) is 4.86. The van der Waals surface area contributed by atoms with E-state index in [4.69, 9.17) is 10.5 Å². The molecule has 0 bridgehead atoms. The maximum Gasteiger partial charge on any atom is 0.186 e. The van der Waals surface area contributed by atoms with Crippen LogP contribution < -0.4 is 10.5 Å². The second-order valence-corrected chi connectivity index (χ2v) is 9.92. The van der Waals surface area contributed by atoms with Crippen LogP contribution in [0.5, 0.6) is 5.75 Å². The predicted octanol–water partition coefficient (Wildman–Crippen LogP) is 1.72. The molecule has 3 rings (SSSR count). The molecule has 0 saturated heterocycles. The van der Waals surface area contributed by atoms with Crippen LogP contribution >= 0.6 is 0 Å². The zero-order chi connectivity index (χ0) is 18.1. The maximum atomic E-state index is 13.0. The minimum Gasteiger partial charge on any atom is -0.493 e. The number of nitrogens with two attached hydrogens (primary N) is 1. The van der Waals surface area contributed by atoms with Crippen molar-refractivity contribution < 1.29 is 21.6 Å². The molecule has 0 aromatic heterocycles. The van der Waals surface area contributed by atoms with Gasteiger partial charge in [-0.25, -0.2) is 16.8 Å². The predicted molar refractivity (Wildman–Crippen MR) is 94.0 cm³/mol. The van der Waals surface area contributed by atoms with Gasteiger partial charge in [-0.15, -0.1) is 0 Å². The molecule has 0 fully saturated rings. The van der Waals surface area contributed by atoms with E-state index in [1.165, 1.54) is 18.2 Å². The van der Waals surface area contributed by atoms with Gasteiger partial charge in [0.1, 0.15) is 11.0 Å². The summed E-state index contributed by atoms with van der Waals surface area (Å²) in [6.45, 7) is 0.726. The van der Waals surface area contributed by atoms with E-state index >= 15 is 0 Å². The summed E-state index contributed by atoms with van der Waals surface area (Å²) in [5.74, 6) is -0.187. The summed E-state index contributed by atoms with van der Waals surface area (Å²) in [5, 5.41) is -1.18. The summed E-state index contributed by atoms with van der Waals surface area (Å²) >= 11 is 0. The fraction of sp³-hybridized carbons (Fsp3) is 0.294. The Morgan fingerprint density at radius 2 is 1.80 bits per heavy atom. The molecule has 0 spiro atoms. The van der Waals surface area contributed by atoms with Gasteiger partial charge >= 0.3 is 0 Å². The van der Waals surface area contributed by atoms with Gasteiger partial charge in [0.25, 0.3) is 0 Å². The topological polar surface area (TPSA) is 104 Å². The highest BCUT2D eigenvalue weighted by molar-refractivity contribution is 7.96. The molecule has 0 aliphatic carbocycles. The van der Waals surface area contributed by atoms with E-state index < -0.39 is 30.7 Å². The number of hydrogen-bond donors (Lipinski definition) is 1. The molecular formula is C17H19NO5S2. The Bertz CT molecular complexity index is 969. The van der Waals surface area contributed by atoms with Crippen molar-refractivity contribution in [3.63, 3.8) is 0 Å². The third-order valence-corrected chi connectivity index (χ3v) is 8.20. The van der Waals surface area contributed by atoms with Crippen LogP contribution in [0.4, 0.5) is 0 Å². The highest BCUT2D eigenvalue weighted by Crippen LogP contribution is 2.45. The van der Waals surface area contributed by atoms with Gasteiger partial charge in [0.05, 0.1) is 22.2 Å². The maximum absolute atomic E-state index is 13.0. The quantitative estimate of drug-likeness (QED) is 0.764. The SMILES string of the molecule is NCCCOc1cccc2c1C(S(=O)(=O)c1ccccc1)CS2(=O)=O. The smallest absolute Gasteiger partial charge is 0.186 e. The Hall–Kier alpha value is -1.90. The first-order valence-electron chi connectivity index (χ1n) is 7.85. The number of hydrogen-bond acceptors (Lipinski definition) is 6. The first kappa shape index (κ1) is 17.9. The van der Waals surface area contributed by atoms with E-state index in [9.17, 15) is 16.8 Å². The van der Waals surface area contributed by atoms with E-state index in [2.05, 4.69) is 0 Å². The third-order valence-electron chi connectivity index (χ3n) is 4.11. The largest absolute Gasteiger partial charge is 0.493 e. The van der Waals surface area contributed by atoms with Gasteiger partial charge in [0.2, 0.25) is 0 Å². The average Bonchev–Trinajstić information content (AvgIpc) is 2.89. The van der Waals surface area contributed by atoms with Gasteiger partial charge in [-0.1, -0.05) is 24.3 Å². The van der Waals surface area contributed by atoms with Crippen LogP contribution in [-0.2, 0) is 19.7 Å². The number of benzene rings is 2. The Morgan fingerprint density at radius 1 is 1.08 bits per heavy atom. The number of sulfone groups is 2. The van der Waals surface area contributed by atoms with Crippen LogP contribution in [0, 0.1) is 0 Å². The molecule has 2 aromatic rings. The molecule has 134 valence electrons. The lowest BCUT2D eigenvalue weighted by molar-refractivity contribution is 0.309. The van der Waals surface area contributed by atoms with Crippen molar-refractivity contribution in [1.82, 2.24) is 0 Å². The molecular weight excluding hydrogens is 362 g/mol. The Morgan fingerprint density at radius 3 is 2.48 bits per heavy atom. The van der Waals surface area contributed by atoms with Crippen molar-refractivity contribution in [2.24, 2.45) is 5.73 Å². The standard InChI is InChI=1S/C17H19NO5S2/c18-10-5-11-23-14-8-4-9-15-17(14)16(12-24(15,19)20)25(21,22)13-6-2-1-3-7-13/h1-4,6-9,16H,5,10-12,18H2. The highest BCUT2D eigenvalue weighted by Gasteiger charge is 2.45. The molecule has 1 atom stereocenters. The van der Waals surface area contributed by atoms with Crippen LogP contribution in [0.15, 0.2) is 58.3 Å². The van der Waals surface area contributed by atoms with Crippen molar-refractivity contribution in [2.45, 2.75) is 21.5 Å². The Balaban J connectivity index is 2.11.